The Labute approximate surface area is 145 Å². The number of pyridine rings is 1. The highest BCUT2D eigenvalue weighted by Gasteiger charge is 2.14. The summed E-state index contributed by atoms with van der Waals surface area (Å²) in [4.78, 5) is 13.6. The Kier molecular flexibility index (Phi) is 4.48. The van der Waals surface area contributed by atoms with Gasteiger partial charge in [0.2, 0.25) is 5.43 Å². The predicted molar refractivity (Wildman–Crippen MR) is 97.2 cm³/mol. The summed E-state index contributed by atoms with van der Waals surface area (Å²) in [5, 5.41) is 19.8. The van der Waals surface area contributed by atoms with Gasteiger partial charge in [-0.05, 0) is 36.3 Å². The zero-order valence-corrected chi connectivity index (χ0v) is 14.1. The second-order valence-corrected chi connectivity index (χ2v) is 6.14. The number of aromatic nitrogens is 1. The topological polar surface area (TPSA) is 91.7 Å². The van der Waals surface area contributed by atoms with Gasteiger partial charge in [-0.25, -0.2) is 0 Å². The third-order valence-corrected chi connectivity index (χ3v) is 4.23. The number of aliphatic hydroxyl groups is 1. The summed E-state index contributed by atoms with van der Waals surface area (Å²) in [7, 11) is 1.91. The highest BCUT2D eigenvalue weighted by molar-refractivity contribution is 5.75. The van der Waals surface area contributed by atoms with Crippen molar-refractivity contribution in [1.29, 1.82) is 0 Å². The number of allylic oxidation sites excluding steroid dienone is 2. The molecule has 0 aliphatic carbocycles. The average molecular weight is 339 g/mol. The van der Waals surface area contributed by atoms with Crippen molar-refractivity contribution in [2.24, 2.45) is 5.73 Å². The predicted octanol–water partition coefficient (Wildman–Crippen LogP) is 1.72. The molecule has 130 valence electrons. The van der Waals surface area contributed by atoms with Crippen molar-refractivity contribution < 1.29 is 10.2 Å². The third-order valence-electron chi connectivity index (χ3n) is 4.23. The second kappa shape index (κ2) is 6.58. The van der Waals surface area contributed by atoms with Crippen molar-refractivity contribution in [1.82, 2.24) is 9.47 Å². The average Bonchev–Trinajstić information content (AvgIpc) is 2.59. The van der Waals surface area contributed by atoms with E-state index in [-0.39, 0.29) is 11.9 Å². The Balaban J connectivity index is 2.09. The SMILES string of the molecule is CC(O)c1cc(=O)c(O)cn1-c1cccc(C2=CN(C)C(N)C=C2)c1. The summed E-state index contributed by atoms with van der Waals surface area (Å²) in [5.74, 6) is -0.364. The molecule has 4 N–H and O–H groups in total. The molecule has 0 bridgehead atoms. The number of rotatable bonds is 3. The second-order valence-electron chi connectivity index (χ2n) is 6.14. The Morgan fingerprint density at radius 3 is 2.72 bits per heavy atom. The monoisotopic (exact) mass is 339 g/mol. The number of nitrogens with zero attached hydrogens (tertiary/aromatic N) is 2. The summed E-state index contributed by atoms with van der Waals surface area (Å²) < 4.78 is 1.62. The van der Waals surface area contributed by atoms with Gasteiger partial charge in [-0.15, -0.1) is 0 Å². The fourth-order valence-corrected chi connectivity index (χ4v) is 2.78. The van der Waals surface area contributed by atoms with Crippen LogP contribution in [0, 0.1) is 0 Å². The highest BCUT2D eigenvalue weighted by Crippen LogP contribution is 2.25. The van der Waals surface area contributed by atoms with Gasteiger partial charge in [-0.1, -0.05) is 18.2 Å². The van der Waals surface area contributed by atoms with E-state index >= 15 is 0 Å². The number of hydrogen-bond acceptors (Lipinski definition) is 5. The molecule has 1 aromatic heterocycles. The Morgan fingerprint density at radius 1 is 1.28 bits per heavy atom. The molecule has 0 spiro atoms. The molecular formula is C19H21N3O3. The lowest BCUT2D eigenvalue weighted by Crippen LogP contribution is -2.35. The maximum atomic E-state index is 11.7. The van der Waals surface area contributed by atoms with Crippen LogP contribution < -0.4 is 11.2 Å². The van der Waals surface area contributed by atoms with Crippen LogP contribution in [0.25, 0.3) is 11.3 Å². The van der Waals surface area contributed by atoms with Crippen LogP contribution in [-0.2, 0) is 0 Å². The zero-order chi connectivity index (χ0) is 18.1. The van der Waals surface area contributed by atoms with Crippen LogP contribution in [0.4, 0.5) is 0 Å². The lowest BCUT2D eigenvalue weighted by molar-refractivity contribution is 0.191. The number of benzene rings is 1. The van der Waals surface area contributed by atoms with E-state index in [1.807, 2.05) is 54.6 Å². The van der Waals surface area contributed by atoms with Gasteiger partial charge in [-0.3, -0.25) is 4.79 Å². The van der Waals surface area contributed by atoms with Crippen molar-refractivity contribution >= 4 is 5.57 Å². The van der Waals surface area contributed by atoms with Crippen molar-refractivity contribution in [3.8, 4) is 11.4 Å². The van der Waals surface area contributed by atoms with Crippen LogP contribution in [0.2, 0.25) is 0 Å². The van der Waals surface area contributed by atoms with Crippen molar-refractivity contribution in [2.75, 3.05) is 7.05 Å². The summed E-state index contributed by atoms with van der Waals surface area (Å²) in [5.41, 5.74) is 8.51. The highest BCUT2D eigenvalue weighted by atomic mass is 16.3. The molecule has 0 radical (unpaired) electrons. The molecule has 0 saturated carbocycles. The minimum atomic E-state index is -0.852. The smallest absolute Gasteiger partial charge is 0.223 e. The van der Waals surface area contributed by atoms with Crippen molar-refractivity contribution in [2.45, 2.75) is 19.2 Å². The minimum Gasteiger partial charge on any atom is -0.503 e. The van der Waals surface area contributed by atoms with E-state index in [4.69, 9.17) is 5.73 Å². The Hall–Kier alpha value is -2.83. The van der Waals surface area contributed by atoms with E-state index in [9.17, 15) is 15.0 Å². The molecule has 2 atom stereocenters. The van der Waals surface area contributed by atoms with Crippen LogP contribution in [0.5, 0.6) is 5.75 Å². The molecule has 6 heteroatoms. The first-order chi connectivity index (χ1) is 11.9. The van der Waals surface area contributed by atoms with Gasteiger partial charge in [0.1, 0.15) is 0 Å². The van der Waals surface area contributed by atoms with Crippen LogP contribution in [0.15, 0.2) is 59.7 Å². The molecule has 1 aliphatic heterocycles. The maximum absolute atomic E-state index is 11.7. The summed E-state index contributed by atoms with van der Waals surface area (Å²) >= 11 is 0. The molecule has 0 amide bonds. The summed E-state index contributed by atoms with van der Waals surface area (Å²) in [6.07, 6.45) is 6.16. The van der Waals surface area contributed by atoms with Gasteiger partial charge in [-0.2, -0.15) is 0 Å². The molecule has 1 aliphatic rings. The van der Waals surface area contributed by atoms with Gasteiger partial charge in [0.25, 0.3) is 0 Å². The minimum absolute atomic E-state index is 0.148. The molecular weight excluding hydrogens is 318 g/mol. The van der Waals surface area contributed by atoms with Crippen molar-refractivity contribution in [3.63, 3.8) is 0 Å². The van der Waals surface area contributed by atoms with Gasteiger partial charge in [0, 0.05) is 25.0 Å². The summed E-state index contributed by atoms with van der Waals surface area (Å²) in [6.45, 7) is 1.58. The molecule has 1 aromatic carbocycles. The number of aromatic hydroxyl groups is 1. The van der Waals surface area contributed by atoms with E-state index in [2.05, 4.69) is 0 Å². The fourth-order valence-electron chi connectivity index (χ4n) is 2.78. The van der Waals surface area contributed by atoms with Crippen LogP contribution in [0.1, 0.15) is 24.3 Å². The summed E-state index contributed by atoms with van der Waals surface area (Å²) in [6, 6.07) is 8.88. The number of aliphatic hydroxyl groups excluding tert-OH is 1. The van der Waals surface area contributed by atoms with E-state index < -0.39 is 11.5 Å². The normalized spacial score (nSPS) is 18.2. The molecule has 25 heavy (non-hydrogen) atoms. The van der Waals surface area contributed by atoms with Crippen LogP contribution in [-0.4, -0.2) is 32.9 Å². The first-order valence-electron chi connectivity index (χ1n) is 7.99. The quantitative estimate of drug-likeness (QED) is 0.792. The van der Waals surface area contributed by atoms with Gasteiger partial charge in [0.15, 0.2) is 5.75 Å². The van der Waals surface area contributed by atoms with Gasteiger partial charge >= 0.3 is 0 Å². The maximum Gasteiger partial charge on any atom is 0.223 e. The molecule has 0 fully saturated rings. The van der Waals surface area contributed by atoms with Crippen molar-refractivity contribution in [3.05, 3.63) is 76.4 Å². The standard InChI is InChI=1S/C19H21N3O3/c1-12(23)16-9-17(24)18(25)11-22(16)15-5-3-4-13(8-15)14-6-7-19(20)21(2)10-14/h3-12,19,23,25H,20H2,1-2H3. The third kappa shape index (κ3) is 3.35. The number of likely N-dealkylation sites (N-methyl/N-ethyl adjacent to an activating group) is 1. The lowest BCUT2D eigenvalue weighted by Gasteiger charge is -2.25. The Bertz CT molecular complexity index is 912. The van der Waals surface area contributed by atoms with E-state index in [0.29, 0.717) is 5.69 Å². The van der Waals surface area contributed by atoms with E-state index in [1.54, 1.807) is 11.5 Å². The first-order valence-corrected chi connectivity index (χ1v) is 7.99. The zero-order valence-electron chi connectivity index (χ0n) is 14.1. The van der Waals surface area contributed by atoms with E-state index in [0.717, 1.165) is 16.8 Å². The fraction of sp³-hybridized carbons (Fsp3) is 0.211. The largest absolute Gasteiger partial charge is 0.503 e. The molecule has 6 nitrogen and oxygen atoms in total. The number of hydrogen-bond donors (Lipinski definition) is 3. The first kappa shape index (κ1) is 17.0. The molecule has 2 unspecified atom stereocenters. The van der Waals surface area contributed by atoms with E-state index in [1.165, 1.54) is 12.3 Å². The molecule has 3 rings (SSSR count). The molecule has 2 heterocycles. The Morgan fingerprint density at radius 2 is 2.04 bits per heavy atom. The van der Waals surface area contributed by atoms with Gasteiger partial charge < -0.3 is 25.4 Å². The lowest BCUT2D eigenvalue weighted by atomic mass is 10.0. The molecule has 0 saturated heterocycles. The van der Waals surface area contributed by atoms with Crippen LogP contribution in [0.3, 0.4) is 0 Å². The molecule has 2 aromatic rings. The number of nitrogens with two attached hydrogens (primary N) is 1. The van der Waals surface area contributed by atoms with Gasteiger partial charge in [0.05, 0.1) is 24.2 Å². The van der Waals surface area contributed by atoms with Crippen LogP contribution >= 0.6 is 0 Å².